The minimum absolute atomic E-state index is 0.167. The van der Waals surface area contributed by atoms with Crippen LogP contribution in [0.4, 0.5) is 0 Å². The maximum absolute atomic E-state index is 13.7. The Hall–Kier alpha value is -3.21. The van der Waals surface area contributed by atoms with Gasteiger partial charge in [-0.05, 0) is 25.0 Å². The van der Waals surface area contributed by atoms with E-state index >= 15 is 0 Å². The molecule has 0 bridgehead atoms. The van der Waals surface area contributed by atoms with E-state index in [1.165, 1.54) is 25.1 Å². The van der Waals surface area contributed by atoms with Crippen molar-refractivity contribution in [2.24, 2.45) is 17.6 Å². The summed E-state index contributed by atoms with van der Waals surface area (Å²) in [5, 5.41) is 54.9. The number of amides is 1. The molecular weight excluding hydrogens is 420 g/mol. The summed E-state index contributed by atoms with van der Waals surface area (Å²) in [6.45, 7) is 1.41. The summed E-state index contributed by atoms with van der Waals surface area (Å²) in [4.78, 5) is 39.1. The van der Waals surface area contributed by atoms with Crippen molar-refractivity contribution in [3.05, 3.63) is 46.2 Å². The lowest BCUT2D eigenvalue weighted by atomic mass is 9.54. The number of rotatable bonds is 2. The van der Waals surface area contributed by atoms with Crippen molar-refractivity contribution in [1.29, 1.82) is 0 Å². The summed E-state index contributed by atoms with van der Waals surface area (Å²) >= 11 is 0. The normalized spacial score (nSPS) is 34.4. The van der Waals surface area contributed by atoms with Gasteiger partial charge in [-0.25, -0.2) is 0 Å². The van der Waals surface area contributed by atoms with Crippen molar-refractivity contribution in [2.45, 2.75) is 30.6 Å². The Balaban J connectivity index is 2.05. The van der Waals surface area contributed by atoms with Crippen LogP contribution in [-0.2, 0) is 20.0 Å². The lowest BCUT2D eigenvalue weighted by Crippen LogP contribution is -3.13. The van der Waals surface area contributed by atoms with Gasteiger partial charge < -0.3 is 36.2 Å². The van der Waals surface area contributed by atoms with Crippen LogP contribution in [0.5, 0.6) is 5.75 Å². The highest BCUT2D eigenvalue weighted by atomic mass is 16.3. The molecule has 0 aromatic heterocycles. The molecule has 3 aliphatic carbocycles. The van der Waals surface area contributed by atoms with E-state index in [1.54, 1.807) is 14.1 Å². The number of aliphatic hydroxyl groups excluding tert-OH is 2. The number of carbonyl (C=O) groups excluding carboxylic acids is 3. The number of fused-ring (bicyclic) bond motifs is 3. The van der Waals surface area contributed by atoms with Crippen LogP contribution >= 0.6 is 0 Å². The monoisotopic (exact) mass is 445 g/mol. The molecule has 5 atom stereocenters. The van der Waals surface area contributed by atoms with Gasteiger partial charge in [0.2, 0.25) is 11.6 Å². The Kier molecular flexibility index (Phi) is 4.57. The number of aromatic hydroxyl groups is 1. The third kappa shape index (κ3) is 2.48. The van der Waals surface area contributed by atoms with Gasteiger partial charge in [0, 0.05) is 11.5 Å². The molecule has 10 nitrogen and oxygen atoms in total. The zero-order valence-electron chi connectivity index (χ0n) is 17.7. The molecule has 10 heteroatoms. The van der Waals surface area contributed by atoms with Gasteiger partial charge in [0.15, 0.2) is 11.6 Å². The van der Waals surface area contributed by atoms with E-state index in [0.717, 1.165) is 0 Å². The number of phenolic OH excluding ortho intramolecular Hbond substituents is 1. The van der Waals surface area contributed by atoms with Crippen LogP contribution in [0.2, 0.25) is 0 Å². The number of benzene rings is 1. The van der Waals surface area contributed by atoms with E-state index in [-0.39, 0.29) is 23.3 Å². The molecule has 1 saturated carbocycles. The highest BCUT2D eigenvalue weighted by Crippen LogP contribution is 2.56. The number of likely N-dealkylation sites (N-methyl/N-ethyl adjacent to an activating group) is 1. The van der Waals surface area contributed by atoms with Crippen LogP contribution in [0.25, 0.3) is 5.76 Å². The van der Waals surface area contributed by atoms with Gasteiger partial charge in [-0.2, -0.15) is 0 Å². The lowest BCUT2D eigenvalue weighted by Gasteiger charge is -2.51. The number of Topliss-reactive ketones (excluding diaryl/α,β-unsaturated/α-hetero) is 2. The zero-order chi connectivity index (χ0) is 23.9. The van der Waals surface area contributed by atoms with Crippen LogP contribution in [0, 0.1) is 11.8 Å². The minimum Gasteiger partial charge on any atom is -0.508 e. The smallest absolute Gasteiger partial charge is 0.256 e. The van der Waals surface area contributed by atoms with Crippen LogP contribution in [0.1, 0.15) is 24.5 Å². The summed E-state index contributed by atoms with van der Waals surface area (Å²) in [7, 11) is 3.17. The predicted octanol–water partition coefficient (Wildman–Crippen LogP) is -1.79. The summed E-state index contributed by atoms with van der Waals surface area (Å²) < 4.78 is 0. The van der Waals surface area contributed by atoms with Crippen LogP contribution in [0.3, 0.4) is 0 Å². The third-order valence-electron chi connectivity index (χ3n) is 7.12. The second-order valence-electron chi connectivity index (χ2n) is 9.11. The molecule has 170 valence electrons. The number of quaternary nitrogens is 1. The first-order valence-corrected chi connectivity index (χ1v) is 10.1. The second-order valence-corrected chi connectivity index (χ2v) is 9.11. The van der Waals surface area contributed by atoms with Crippen molar-refractivity contribution in [1.82, 2.24) is 0 Å². The van der Waals surface area contributed by atoms with E-state index in [0.29, 0.717) is 4.90 Å². The molecule has 1 fully saturated rings. The molecule has 4 rings (SSSR count). The summed E-state index contributed by atoms with van der Waals surface area (Å²) in [5.41, 5.74) is -0.466. The molecule has 0 radical (unpaired) electrons. The number of aliphatic hydroxyl groups is 4. The van der Waals surface area contributed by atoms with Gasteiger partial charge >= 0.3 is 0 Å². The summed E-state index contributed by atoms with van der Waals surface area (Å²) in [6.07, 6.45) is -0.179. The Morgan fingerprint density at radius 2 is 1.78 bits per heavy atom. The number of hydrogen-bond donors (Lipinski definition) is 7. The van der Waals surface area contributed by atoms with Crippen molar-refractivity contribution < 1.29 is 44.8 Å². The molecule has 1 aromatic rings. The SMILES string of the molecule is C[NH+](C)C1C(=O)C(C(N)=O)=C(O)[C@@]2(O)C(=O)C3=C(O)c4c(O)cccc4[C@@](C)(O)C3CC12. The maximum Gasteiger partial charge on any atom is 0.256 e. The van der Waals surface area contributed by atoms with E-state index < -0.39 is 69.2 Å². The average Bonchev–Trinajstić information content (AvgIpc) is 2.68. The Labute approximate surface area is 182 Å². The lowest BCUT2D eigenvalue weighted by molar-refractivity contribution is -0.880. The first-order chi connectivity index (χ1) is 14.8. The Morgan fingerprint density at radius 3 is 2.34 bits per heavy atom. The molecular formula is C22H25N2O8+. The first-order valence-electron chi connectivity index (χ1n) is 10.1. The van der Waals surface area contributed by atoms with Crippen molar-refractivity contribution in [3.8, 4) is 5.75 Å². The van der Waals surface area contributed by atoms with Crippen LogP contribution in [-0.4, -0.2) is 68.7 Å². The maximum atomic E-state index is 13.7. The Morgan fingerprint density at radius 1 is 1.16 bits per heavy atom. The molecule has 0 spiro atoms. The van der Waals surface area contributed by atoms with Crippen LogP contribution in [0.15, 0.2) is 35.1 Å². The van der Waals surface area contributed by atoms with Crippen molar-refractivity contribution in [2.75, 3.05) is 14.1 Å². The average molecular weight is 445 g/mol. The van der Waals surface area contributed by atoms with Crippen molar-refractivity contribution in [3.63, 3.8) is 0 Å². The van der Waals surface area contributed by atoms with Gasteiger partial charge in [-0.15, -0.1) is 0 Å². The summed E-state index contributed by atoms with van der Waals surface area (Å²) in [6, 6.07) is 3.11. The topological polar surface area (TPSA) is 183 Å². The standard InChI is InChI=1S/C22H24N2O8/c1-21(31)8-5-4-6-11(25)12(8)16(26)13-9(21)7-10-15(24(2)3)17(27)14(20(23)30)19(29)22(10,32)18(13)28/h4-6,9-10,15,25-26,29,31-32H,7H2,1-3H3,(H2,23,30)/p+1/t9?,10?,15?,21-,22+/m1/s1. The molecule has 1 aromatic carbocycles. The zero-order valence-corrected chi connectivity index (χ0v) is 17.7. The fourth-order valence-corrected chi connectivity index (χ4v) is 5.60. The minimum atomic E-state index is -2.72. The largest absolute Gasteiger partial charge is 0.508 e. The van der Waals surface area contributed by atoms with Gasteiger partial charge in [0.05, 0.1) is 31.2 Å². The van der Waals surface area contributed by atoms with Crippen molar-refractivity contribution >= 4 is 23.2 Å². The fraction of sp³-hybridized carbons (Fsp3) is 0.409. The third-order valence-corrected chi connectivity index (χ3v) is 7.12. The number of carbonyl (C=O) groups is 3. The molecule has 0 saturated heterocycles. The number of phenols is 1. The first kappa shape index (κ1) is 22.0. The number of hydrogen-bond acceptors (Lipinski definition) is 8. The number of ketones is 2. The molecule has 8 N–H and O–H groups in total. The fourth-order valence-electron chi connectivity index (χ4n) is 5.60. The van der Waals surface area contributed by atoms with E-state index in [2.05, 4.69) is 0 Å². The number of nitrogens with two attached hydrogens (primary N) is 1. The number of nitrogens with one attached hydrogen (secondary N) is 1. The predicted molar refractivity (Wildman–Crippen MR) is 109 cm³/mol. The molecule has 3 unspecified atom stereocenters. The molecule has 3 aliphatic rings. The van der Waals surface area contributed by atoms with E-state index in [4.69, 9.17) is 5.73 Å². The summed E-state index contributed by atoms with van der Waals surface area (Å²) in [5.74, 6) is -7.76. The molecule has 32 heavy (non-hydrogen) atoms. The van der Waals surface area contributed by atoms with Gasteiger partial charge in [0.25, 0.3) is 5.91 Å². The second kappa shape index (κ2) is 6.64. The molecule has 0 aliphatic heterocycles. The quantitative estimate of drug-likeness (QED) is 0.260. The highest BCUT2D eigenvalue weighted by Gasteiger charge is 2.67. The van der Waals surface area contributed by atoms with E-state index in [1.807, 2.05) is 0 Å². The van der Waals surface area contributed by atoms with Crippen LogP contribution < -0.4 is 10.6 Å². The molecule has 0 heterocycles. The van der Waals surface area contributed by atoms with Gasteiger partial charge in [-0.1, -0.05) is 12.1 Å². The molecule has 1 amide bonds. The van der Waals surface area contributed by atoms with Gasteiger partial charge in [-0.3, -0.25) is 14.4 Å². The van der Waals surface area contributed by atoms with E-state index in [9.17, 15) is 39.9 Å². The van der Waals surface area contributed by atoms with Gasteiger partial charge in [0.1, 0.15) is 22.8 Å². The Bertz CT molecular complexity index is 1150. The number of primary amides is 1. The highest BCUT2D eigenvalue weighted by molar-refractivity contribution is 6.24.